The van der Waals surface area contributed by atoms with Crippen LogP contribution in [0.15, 0.2) is 36.5 Å². The predicted molar refractivity (Wildman–Crippen MR) is 99.9 cm³/mol. The number of nitrogens with one attached hydrogen (secondary N) is 1. The topological polar surface area (TPSA) is 71.5 Å². The largest absolute Gasteiger partial charge is 0.379 e. The third kappa shape index (κ3) is 3.70. The molecule has 0 aliphatic carbocycles. The Kier molecular flexibility index (Phi) is 5.83. The summed E-state index contributed by atoms with van der Waals surface area (Å²) in [6.07, 6.45) is 4.39. The molecule has 6 heteroatoms. The summed E-state index contributed by atoms with van der Waals surface area (Å²) in [5, 5.41) is 3.59. The molecule has 2 atom stereocenters. The molecule has 1 aliphatic rings. The van der Waals surface area contributed by atoms with Gasteiger partial charge in [-0.3, -0.25) is 14.6 Å². The molecule has 2 amide bonds. The average molecular weight is 355 g/mol. The molecule has 2 heterocycles. The van der Waals surface area contributed by atoms with Crippen molar-refractivity contribution >= 4 is 22.7 Å². The molecule has 0 radical (unpaired) electrons. The summed E-state index contributed by atoms with van der Waals surface area (Å²) in [7, 11) is 3.30. The number of ether oxygens (including phenoxy) is 1. The Labute approximate surface area is 153 Å². The Bertz CT molecular complexity index is 787. The van der Waals surface area contributed by atoms with Crippen molar-refractivity contribution in [1.29, 1.82) is 0 Å². The van der Waals surface area contributed by atoms with E-state index in [-0.39, 0.29) is 24.0 Å². The second-order valence-electron chi connectivity index (χ2n) is 6.57. The minimum atomic E-state index is -0.113. The third-order valence-electron chi connectivity index (χ3n) is 5.09. The molecule has 0 saturated carbocycles. The zero-order chi connectivity index (χ0) is 18.5. The van der Waals surface area contributed by atoms with Crippen LogP contribution in [0.5, 0.6) is 0 Å². The summed E-state index contributed by atoms with van der Waals surface area (Å²) >= 11 is 0. The number of hydrogen-bond donors (Lipinski definition) is 1. The minimum absolute atomic E-state index is 0.0235. The second-order valence-corrected chi connectivity index (χ2v) is 6.57. The fourth-order valence-electron chi connectivity index (χ4n) is 3.73. The quantitative estimate of drug-likeness (QED) is 0.894. The number of fused-ring (bicyclic) bond motifs is 1. The lowest BCUT2D eigenvalue weighted by Crippen LogP contribution is -2.52. The molecule has 1 N–H and O–H groups in total. The maximum atomic E-state index is 13.3. The number of nitrogens with zero attached hydrogens (tertiary/aromatic N) is 2. The van der Waals surface area contributed by atoms with Crippen LogP contribution in [0.25, 0.3) is 10.9 Å². The zero-order valence-electron chi connectivity index (χ0n) is 15.3. The highest BCUT2D eigenvalue weighted by molar-refractivity contribution is 6.05. The molecule has 26 heavy (non-hydrogen) atoms. The van der Waals surface area contributed by atoms with Gasteiger partial charge in [0.05, 0.1) is 23.2 Å². The molecule has 2 aromatic rings. The van der Waals surface area contributed by atoms with E-state index in [1.807, 2.05) is 35.2 Å². The first-order valence-corrected chi connectivity index (χ1v) is 9.03. The molecule has 3 rings (SSSR count). The number of hydrogen-bond acceptors (Lipinski definition) is 4. The molecule has 1 fully saturated rings. The second kappa shape index (κ2) is 8.27. The first-order valence-electron chi connectivity index (χ1n) is 9.03. The Morgan fingerprint density at radius 3 is 2.88 bits per heavy atom. The van der Waals surface area contributed by atoms with E-state index < -0.39 is 0 Å². The van der Waals surface area contributed by atoms with Crippen LogP contribution in [0.2, 0.25) is 0 Å². The van der Waals surface area contributed by atoms with Crippen molar-refractivity contribution in [3.05, 3.63) is 42.1 Å². The van der Waals surface area contributed by atoms with Crippen LogP contribution < -0.4 is 5.32 Å². The first-order chi connectivity index (χ1) is 12.7. The smallest absolute Gasteiger partial charge is 0.256 e. The van der Waals surface area contributed by atoms with Gasteiger partial charge < -0.3 is 15.0 Å². The SMILES string of the molecule is CNC(=O)CC[C@H]1[C@@H](OC)CCCN1C(=O)c1cccc2cccnc12. The number of pyridine rings is 1. The van der Waals surface area contributed by atoms with E-state index in [1.54, 1.807) is 20.4 Å². The summed E-state index contributed by atoms with van der Waals surface area (Å²) in [5.74, 6) is -0.0670. The Hall–Kier alpha value is -2.47. The van der Waals surface area contributed by atoms with Crippen LogP contribution in [0.4, 0.5) is 0 Å². The number of piperidine rings is 1. The highest BCUT2D eigenvalue weighted by Crippen LogP contribution is 2.27. The Morgan fingerprint density at radius 1 is 1.31 bits per heavy atom. The van der Waals surface area contributed by atoms with Crippen LogP contribution in [-0.4, -0.2) is 54.5 Å². The van der Waals surface area contributed by atoms with Gasteiger partial charge in [0.1, 0.15) is 0 Å². The maximum Gasteiger partial charge on any atom is 0.256 e. The van der Waals surface area contributed by atoms with E-state index in [1.165, 1.54) is 0 Å². The van der Waals surface area contributed by atoms with E-state index in [2.05, 4.69) is 10.3 Å². The number of carbonyl (C=O) groups excluding carboxylic acids is 2. The first kappa shape index (κ1) is 18.3. The van der Waals surface area contributed by atoms with Crippen molar-refractivity contribution in [3.8, 4) is 0 Å². The number of benzene rings is 1. The zero-order valence-corrected chi connectivity index (χ0v) is 15.3. The van der Waals surface area contributed by atoms with Crippen LogP contribution >= 0.6 is 0 Å². The summed E-state index contributed by atoms with van der Waals surface area (Å²) in [6.45, 7) is 0.667. The highest BCUT2D eigenvalue weighted by Gasteiger charge is 2.35. The van der Waals surface area contributed by atoms with Crippen molar-refractivity contribution in [1.82, 2.24) is 15.2 Å². The van der Waals surface area contributed by atoms with E-state index in [9.17, 15) is 9.59 Å². The molecule has 0 unspecified atom stereocenters. The molecular formula is C20H25N3O3. The van der Waals surface area contributed by atoms with E-state index in [0.29, 0.717) is 30.5 Å². The van der Waals surface area contributed by atoms with E-state index in [0.717, 1.165) is 18.2 Å². The number of methoxy groups -OCH3 is 1. The normalized spacial score (nSPS) is 20.2. The molecule has 1 aliphatic heterocycles. The number of carbonyl (C=O) groups is 2. The van der Waals surface area contributed by atoms with Gasteiger partial charge in [-0.2, -0.15) is 0 Å². The molecule has 1 aromatic heterocycles. The number of likely N-dealkylation sites (tertiary alicyclic amines) is 1. The van der Waals surface area contributed by atoms with Gasteiger partial charge in [0, 0.05) is 38.7 Å². The molecule has 138 valence electrons. The number of aromatic nitrogens is 1. The van der Waals surface area contributed by atoms with Crippen molar-refractivity contribution in [3.63, 3.8) is 0 Å². The molecule has 0 spiro atoms. The van der Waals surface area contributed by atoms with Crippen LogP contribution in [-0.2, 0) is 9.53 Å². The lowest BCUT2D eigenvalue weighted by atomic mass is 9.93. The van der Waals surface area contributed by atoms with Crippen LogP contribution in [0.3, 0.4) is 0 Å². The number of rotatable bonds is 5. The lowest BCUT2D eigenvalue weighted by molar-refractivity contribution is -0.121. The summed E-state index contributed by atoms with van der Waals surface area (Å²) in [4.78, 5) is 31.3. The summed E-state index contributed by atoms with van der Waals surface area (Å²) in [5.41, 5.74) is 1.31. The Morgan fingerprint density at radius 2 is 2.12 bits per heavy atom. The fraction of sp³-hybridized carbons (Fsp3) is 0.450. The van der Waals surface area contributed by atoms with Crippen molar-refractivity contribution in [2.75, 3.05) is 20.7 Å². The van der Waals surface area contributed by atoms with Gasteiger partial charge in [-0.25, -0.2) is 0 Å². The molecule has 0 bridgehead atoms. The monoisotopic (exact) mass is 355 g/mol. The van der Waals surface area contributed by atoms with E-state index in [4.69, 9.17) is 4.74 Å². The van der Waals surface area contributed by atoms with Gasteiger partial charge in [0.2, 0.25) is 5.91 Å². The van der Waals surface area contributed by atoms with Crippen molar-refractivity contribution in [2.45, 2.75) is 37.8 Å². The summed E-state index contributed by atoms with van der Waals surface area (Å²) in [6, 6.07) is 9.37. The highest BCUT2D eigenvalue weighted by atomic mass is 16.5. The van der Waals surface area contributed by atoms with Crippen molar-refractivity contribution in [2.24, 2.45) is 0 Å². The molecular weight excluding hydrogens is 330 g/mol. The molecule has 1 aromatic carbocycles. The minimum Gasteiger partial charge on any atom is -0.379 e. The number of amides is 2. The van der Waals surface area contributed by atoms with Gasteiger partial charge in [0.25, 0.3) is 5.91 Å². The standard InChI is InChI=1S/C20H25N3O3/c1-21-18(24)11-10-16-17(26-2)9-5-13-23(16)20(25)15-8-3-6-14-7-4-12-22-19(14)15/h3-4,6-8,12,16-17H,5,9-11,13H2,1-2H3,(H,21,24)/t16-,17-/m0/s1. The number of para-hydroxylation sites is 1. The fourth-order valence-corrected chi connectivity index (χ4v) is 3.73. The van der Waals surface area contributed by atoms with Crippen LogP contribution in [0, 0.1) is 0 Å². The van der Waals surface area contributed by atoms with E-state index >= 15 is 0 Å². The Balaban J connectivity index is 1.90. The predicted octanol–water partition coefficient (Wildman–Crippen LogP) is 2.38. The van der Waals surface area contributed by atoms with Gasteiger partial charge in [-0.1, -0.05) is 18.2 Å². The summed E-state index contributed by atoms with van der Waals surface area (Å²) < 4.78 is 5.63. The average Bonchev–Trinajstić information content (AvgIpc) is 2.70. The maximum absolute atomic E-state index is 13.3. The van der Waals surface area contributed by atoms with Gasteiger partial charge in [-0.05, 0) is 31.4 Å². The molecule has 6 nitrogen and oxygen atoms in total. The van der Waals surface area contributed by atoms with Crippen LogP contribution in [0.1, 0.15) is 36.0 Å². The molecule has 1 saturated heterocycles. The van der Waals surface area contributed by atoms with Gasteiger partial charge >= 0.3 is 0 Å². The van der Waals surface area contributed by atoms with Gasteiger partial charge in [-0.15, -0.1) is 0 Å². The van der Waals surface area contributed by atoms with Crippen molar-refractivity contribution < 1.29 is 14.3 Å². The van der Waals surface area contributed by atoms with Gasteiger partial charge in [0.15, 0.2) is 0 Å². The third-order valence-corrected chi connectivity index (χ3v) is 5.09. The lowest BCUT2D eigenvalue weighted by Gasteiger charge is -2.40.